The van der Waals surface area contributed by atoms with Crippen molar-refractivity contribution >= 4 is 38.4 Å². The van der Waals surface area contributed by atoms with Crippen molar-refractivity contribution in [3.05, 3.63) is 41.8 Å². The number of esters is 1. The second-order valence-electron chi connectivity index (χ2n) is 10.7. The molecule has 2 heterocycles. The van der Waals surface area contributed by atoms with E-state index in [2.05, 4.69) is 9.71 Å². The molecule has 2 aromatic heterocycles. The van der Waals surface area contributed by atoms with Crippen LogP contribution >= 0.6 is 11.3 Å². The van der Waals surface area contributed by atoms with Crippen LogP contribution in [0.5, 0.6) is 5.88 Å². The van der Waals surface area contributed by atoms with Crippen molar-refractivity contribution in [3.63, 3.8) is 0 Å². The Morgan fingerprint density at radius 2 is 1.50 bits per heavy atom. The fraction of sp³-hybridized carbons (Fsp3) is 0.594. The fourth-order valence-electron chi connectivity index (χ4n) is 3.46. The number of carbonyl (C=O) groups excluding carboxylic acids is 1. The van der Waals surface area contributed by atoms with Crippen molar-refractivity contribution in [2.24, 2.45) is 5.92 Å². The summed E-state index contributed by atoms with van der Waals surface area (Å²) in [5.41, 5.74) is 2.57. The molecule has 0 spiro atoms. The van der Waals surface area contributed by atoms with Gasteiger partial charge < -0.3 is 9.47 Å². The first kappa shape index (κ1) is 39.4. The first-order chi connectivity index (χ1) is 18.5. The van der Waals surface area contributed by atoms with Gasteiger partial charge in [0.15, 0.2) is 0 Å². The summed E-state index contributed by atoms with van der Waals surface area (Å²) in [4.78, 5) is 21.3. The number of benzene rings is 1. The molecule has 0 amide bonds. The van der Waals surface area contributed by atoms with E-state index >= 15 is 0 Å². The lowest BCUT2D eigenvalue weighted by Crippen LogP contribution is -2.32. The SMILES string of the molecule is C.C.C.CC(C)C(=O)OC1CCC1.CC(C)NS(=O)(=O)C1CC1.CC(C)Oc1nc2ccccc2nc1-c1cccs1. The number of hydrogen-bond donors (Lipinski definition) is 1. The zero-order valence-corrected chi connectivity index (χ0v) is 25.3. The van der Waals surface area contributed by atoms with Gasteiger partial charge in [0.25, 0.3) is 0 Å². The Bertz CT molecular complexity index is 1300. The highest BCUT2D eigenvalue weighted by atomic mass is 32.2. The van der Waals surface area contributed by atoms with E-state index in [4.69, 9.17) is 14.5 Å². The fourth-order valence-corrected chi connectivity index (χ4v) is 5.77. The standard InChI is InChI=1S/C15H14N2OS.C8H14O2.C6H13NO2S.3CH4/c1-10(2)18-15-14(13-8-5-9-19-13)16-11-6-3-4-7-12(11)17-15;1-6(2)8(9)10-7-4-3-5-7;1-5(2)7-10(8,9)6-3-4-6;;;/h3-10H,1-2H3;6-7H,3-5H2,1-2H3;5-7H,3-4H2,1-2H3;3*1H4. The number of hydrogen-bond acceptors (Lipinski definition) is 8. The molecule has 0 radical (unpaired) electrons. The van der Waals surface area contributed by atoms with Crippen molar-refractivity contribution < 1.29 is 22.7 Å². The molecule has 0 atom stereocenters. The summed E-state index contributed by atoms with van der Waals surface area (Å²) in [5.74, 6) is 0.585. The molecule has 5 rings (SSSR count). The van der Waals surface area contributed by atoms with Crippen LogP contribution in [0.3, 0.4) is 0 Å². The predicted octanol–water partition coefficient (Wildman–Crippen LogP) is 8.27. The monoisotopic (exact) mass is 623 g/mol. The van der Waals surface area contributed by atoms with Crippen LogP contribution in [-0.2, 0) is 19.6 Å². The molecule has 8 nitrogen and oxygen atoms in total. The Kier molecular flexibility index (Phi) is 17.1. The van der Waals surface area contributed by atoms with Crippen LogP contribution in [0.2, 0.25) is 0 Å². The second-order valence-corrected chi connectivity index (χ2v) is 13.6. The van der Waals surface area contributed by atoms with Crippen molar-refractivity contribution in [1.29, 1.82) is 0 Å². The highest BCUT2D eigenvalue weighted by molar-refractivity contribution is 7.90. The van der Waals surface area contributed by atoms with Gasteiger partial charge in [-0.3, -0.25) is 4.79 Å². The quantitative estimate of drug-likeness (QED) is 0.252. The number of aromatic nitrogens is 2. The van der Waals surface area contributed by atoms with Crippen molar-refractivity contribution in [2.75, 3.05) is 0 Å². The Labute approximate surface area is 258 Å². The third kappa shape index (κ3) is 12.4. The summed E-state index contributed by atoms with van der Waals surface area (Å²) in [5, 5.41) is 1.95. The molecule has 2 aliphatic rings. The third-order valence-electron chi connectivity index (χ3n) is 5.81. The van der Waals surface area contributed by atoms with Gasteiger partial charge in [0.1, 0.15) is 11.8 Å². The first-order valence-corrected chi connectivity index (χ1v) is 16.1. The molecule has 42 heavy (non-hydrogen) atoms. The zero-order valence-electron chi connectivity index (χ0n) is 23.7. The molecule has 2 fully saturated rings. The van der Waals surface area contributed by atoms with E-state index in [-0.39, 0.29) is 57.7 Å². The van der Waals surface area contributed by atoms with E-state index < -0.39 is 10.0 Å². The van der Waals surface area contributed by atoms with Gasteiger partial charge >= 0.3 is 5.97 Å². The Morgan fingerprint density at radius 3 is 1.93 bits per heavy atom. The minimum absolute atomic E-state index is 0. The Hall–Kier alpha value is -2.56. The van der Waals surface area contributed by atoms with Gasteiger partial charge in [-0.15, -0.1) is 11.3 Å². The maximum Gasteiger partial charge on any atom is 0.308 e. The topological polar surface area (TPSA) is 107 Å². The van der Waals surface area contributed by atoms with Crippen molar-refractivity contribution in [2.45, 2.75) is 119 Å². The van der Waals surface area contributed by atoms with Crippen LogP contribution in [0.15, 0.2) is 41.8 Å². The molecule has 0 bridgehead atoms. The Balaban J connectivity index is 0.000000631. The van der Waals surface area contributed by atoms with Gasteiger partial charge in [0, 0.05) is 6.04 Å². The zero-order chi connectivity index (χ0) is 28.6. The van der Waals surface area contributed by atoms with Crippen LogP contribution in [0.25, 0.3) is 21.6 Å². The minimum atomic E-state index is -2.94. The molecule has 2 saturated carbocycles. The molecule has 0 saturated heterocycles. The van der Waals surface area contributed by atoms with Crippen LogP contribution in [0.4, 0.5) is 0 Å². The van der Waals surface area contributed by atoms with Gasteiger partial charge in [-0.2, -0.15) is 0 Å². The first-order valence-electron chi connectivity index (χ1n) is 13.6. The number of thiophene rings is 1. The van der Waals surface area contributed by atoms with E-state index in [1.165, 1.54) is 6.42 Å². The van der Waals surface area contributed by atoms with E-state index in [9.17, 15) is 13.2 Å². The number of ether oxygens (including phenoxy) is 2. The summed E-state index contributed by atoms with van der Waals surface area (Å²) >= 11 is 1.64. The van der Waals surface area contributed by atoms with Gasteiger partial charge in [-0.05, 0) is 83.4 Å². The Morgan fingerprint density at radius 1 is 0.905 bits per heavy atom. The van der Waals surface area contributed by atoms with Crippen LogP contribution in [0, 0.1) is 5.92 Å². The van der Waals surface area contributed by atoms with Crippen LogP contribution < -0.4 is 9.46 Å². The average molecular weight is 624 g/mol. The molecule has 1 aromatic carbocycles. The average Bonchev–Trinajstić information content (AvgIpc) is 3.57. The summed E-state index contributed by atoms with van der Waals surface area (Å²) in [7, 11) is -2.94. The molecule has 2 aliphatic carbocycles. The maximum absolute atomic E-state index is 11.1. The lowest BCUT2D eigenvalue weighted by molar-refractivity contribution is -0.156. The summed E-state index contributed by atoms with van der Waals surface area (Å²) in [6, 6.07) is 11.9. The molecule has 0 aliphatic heterocycles. The van der Waals surface area contributed by atoms with Crippen LogP contribution in [-0.4, -0.2) is 47.9 Å². The molecule has 10 heteroatoms. The number of carbonyl (C=O) groups is 1. The summed E-state index contributed by atoms with van der Waals surface area (Å²) in [6.45, 7) is 11.4. The highest BCUT2D eigenvalue weighted by Gasteiger charge is 2.35. The molecular formula is C32H53N3O5S2. The number of sulfonamides is 1. The van der Waals surface area contributed by atoms with Crippen LogP contribution in [0.1, 0.15) is 95.9 Å². The van der Waals surface area contributed by atoms with Gasteiger partial charge in [-0.1, -0.05) is 54.3 Å². The maximum atomic E-state index is 11.1. The summed E-state index contributed by atoms with van der Waals surface area (Å²) < 4.78 is 35.7. The molecular weight excluding hydrogens is 571 g/mol. The van der Waals surface area contributed by atoms with E-state index in [1.807, 2.05) is 83.3 Å². The van der Waals surface area contributed by atoms with Gasteiger partial charge in [0.05, 0.1) is 33.2 Å². The molecule has 1 N–H and O–H groups in total. The predicted molar refractivity (Wildman–Crippen MR) is 178 cm³/mol. The number of nitrogens with zero attached hydrogens (tertiary/aromatic N) is 2. The van der Waals surface area contributed by atoms with E-state index in [1.54, 1.807) is 11.3 Å². The number of fused-ring (bicyclic) bond motifs is 1. The molecule has 3 aromatic rings. The number of rotatable bonds is 8. The normalized spacial score (nSPS) is 14.2. The van der Waals surface area contributed by atoms with E-state index in [0.29, 0.717) is 5.88 Å². The van der Waals surface area contributed by atoms with Crippen molar-refractivity contribution in [1.82, 2.24) is 14.7 Å². The molecule has 0 unspecified atom stereocenters. The van der Waals surface area contributed by atoms with Gasteiger partial charge in [0.2, 0.25) is 15.9 Å². The molecule has 238 valence electrons. The van der Waals surface area contributed by atoms with E-state index in [0.717, 1.165) is 47.3 Å². The third-order valence-corrected chi connectivity index (χ3v) is 8.84. The minimum Gasteiger partial charge on any atom is -0.473 e. The number of para-hydroxylation sites is 2. The highest BCUT2D eigenvalue weighted by Crippen LogP contribution is 2.32. The largest absolute Gasteiger partial charge is 0.473 e. The smallest absolute Gasteiger partial charge is 0.308 e. The van der Waals surface area contributed by atoms with Gasteiger partial charge in [-0.25, -0.2) is 23.1 Å². The lowest BCUT2D eigenvalue weighted by atomic mass is 9.96. The lowest BCUT2D eigenvalue weighted by Gasteiger charge is -2.25. The number of nitrogens with one attached hydrogen (secondary N) is 1. The summed E-state index contributed by atoms with van der Waals surface area (Å²) in [6.07, 6.45) is 5.35. The second kappa shape index (κ2) is 18.2. The van der Waals surface area contributed by atoms with Crippen molar-refractivity contribution in [3.8, 4) is 16.5 Å².